The van der Waals surface area contributed by atoms with Gasteiger partial charge < -0.3 is 5.32 Å². The van der Waals surface area contributed by atoms with Crippen molar-refractivity contribution in [2.45, 2.75) is 50.8 Å². The van der Waals surface area contributed by atoms with Crippen LogP contribution in [-0.2, 0) is 5.41 Å². The van der Waals surface area contributed by atoms with Crippen LogP contribution in [0.5, 0.6) is 0 Å². The minimum atomic E-state index is 0.255. The van der Waals surface area contributed by atoms with Crippen LogP contribution < -0.4 is 5.32 Å². The van der Waals surface area contributed by atoms with E-state index in [1.54, 1.807) is 0 Å². The standard InChI is InChI=1S/C16H27NS/c1-5-6-11-17-12-13-18-15-9-7-14(8-10-15)16(2,3)4/h7-10,17H,5-6,11-13H2,1-4H3. The lowest BCUT2D eigenvalue weighted by Crippen LogP contribution is -2.18. The molecule has 0 aliphatic heterocycles. The third kappa shape index (κ3) is 5.92. The first kappa shape index (κ1) is 15.6. The van der Waals surface area contributed by atoms with Gasteiger partial charge in [-0.05, 0) is 36.1 Å². The molecule has 0 bridgehead atoms. The lowest BCUT2D eigenvalue weighted by Gasteiger charge is -2.19. The molecule has 0 heterocycles. The highest BCUT2D eigenvalue weighted by molar-refractivity contribution is 7.99. The minimum Gasteiger partial charge on any atom is -0.316 e. The fraction of sp³-hybridized carbons (Fsp3) is 0.625. The summed E-state index contributed by atoms with van der Waals surface area (Å²) >= 11 is 1.94. The van der Waals surface area contributed by atoms with Crippen LogP contribution in [0.1, 0.15) is 46.1 Å². The van der Waals surface area contributed by atoms with Gasteiger partial charge in [0.05, 0.1) is 0 Å². The number of thioether (sulfide) groups is 1. The third-order valence-electron chi connectivity index (χ3n) is 2.98. The molecule has 0 amide bonds. The Morgan fingerprint density at radius 1 is 1.06 bits per heavy atom. The van der Waals surface area contributed by atoms with Crippen LogP contribution in [0, 0.1) is 0 Å². The molecule has 0 spiro atoms. The number of benzene rings is 1. The van der Waals surface area contributed by atoms with Gasteiger partial charge in [0.1, 0.15) is 0 Å². The van der Waals surface area contributed by atoms with Crippen molar-refractivity contribution in [2.75, 3.05) is 18.8 Å². The van der Waals surface area contributed by atoms with Crippen molar-refractivity contribution in [1.82, 2.24) is 5.32 Å². The molecule has 0 aliphatic carbocycles. The van der Waals surface area contributed by atoms with Crippen LogP contribution in [0.25, 0.3) is 0 Å². The SMILES string of the molecule is CCCCNCCSc1ccc(C(C)(C)C)cc1. The largest absolute Gasteiger partial charge is 0.316 e. The predicted octanol–water partition coefficient (Wildman–Crippen LogP) is 4.47. The highest BCUT2D eigenvalue weighted by Crippen LogP contribution is 2.25. The molecule has 0 atom stereocenters. The Hall–Kier alpha value is -0.470. The van der Waals surface area contributed by atoms with Crippen molar-refractivity contribution in [3.8, 4) is 0 Å². The fourth-order valence-electron chi connectivity index (χ4n) is 1.72. The van der Waals surface area contributed by atoms with Crippen molar-refractivity contribution in [2.24, 2.45) is 0 Å². The average Bonchev–Trinajstić information content (AvgIpc) is 2.33. The second kappa shape index (κ2) is 7.85. The lowest BCUT2D eigenvalue weighted by atomic mass is 9.87. The predicted molar refractivity (Wildman–Crippen MR) is 83.6 cm³/mol. The maximum absolute atomic E-state index is 3.47. The van der Waals surface area contributed by atoms with E-state index < -0.39 is 0 Å². The van der Waals surface area contributed by atoms with E-state index in [0.717, 1.165) is 18.8 Å². The average molecular weight is 265 g/mol. The van der Waals surface area contributed by atoms with Gasteiger partial charge in [0, 0.05) is 17.2 Å². The molecule has 1 aromatic carbocycles. The summed E-state index contributed by atoms with van der Waals surface area (Å²) in [6.45, 7) is 11.3. The van der Waals surface area contributed by atoms with Gasteiger partial charge in [-0.15, -0.1) is 11.8 Å². The molecule has 0 radical (unpaired) electrons. The van der Waals surface area contributed by atoms with Crippen LogP contribution in [0.15, 0.2) is 29.2 Å². The monoisotopic (exact) mass is 265 g/mol. The zero-order chi connectivity index (χ0) is 13.4. The number of nitrogens with one attached hydrogen (secondary N) is 1. The van der Waals surface area contributed by atoms with Crippen molar-refractivity contribution >= 4 is 11.8 Å². The molecule has 1 rings (SSSR count). The Morgan fingerprint density at radius 3 is 2.28 bits per heavy atom. The van der Waals surface area contributed by atoms with Gasteiger partial charge in [0.25, 0.3) is 0 Å². The Balaban J connectivity index is 2.27. The van der Waals surface area contributed by atoms with E-state index in [1.807, 2.05) is 11.8 Å². The van der Waals surface area contributed by atoms with Crippen molar-refractivity contribution in [3.05, 3.63) is 29.8 Å². The zero-order valence-electron chi connectivity index (χ0n) is 12.3. The quantitative estimate of drug-likeness (QED) is 0.577. The molecule has 0 unspecified atom stereocenters. The Labute approximate surface area is 117 Å². The maximum atomic E-state index is 3.47. The number of unbranched alkanes of at least 4 members (excludes halogenated alkanes) is 1. The molecule has 0 aromatic heterocycles. The summed E-state index contributed by atoms with van der Waals surface area (Å²) in [6, 6.07) is 9.01. The van der Waals surface area contributed by atoms with E-state index in [2.05, 4.69) is 57.3 Å². The van der Waals surface area contributed by atoms with Gasteiger partial charge >= 0.3 is 0 Å². The smallest absolute Gasteiger partial charge is 0.0106 e. The van der Waals surface area contributed by atoms with Gasteiger partial charge in [0.15, 0.2) is 0 Å². The Bertz CT molecular complexity index is 324. The first-order valence-electron chi connectivity index (χ1n) is 6.98. The topological polar surface area (TPSA) is 12.0 Å². The Morgan fingerprint density at radius 2 is 1.72 bits per heavy atom. The van der Waals surface area contributed by atoms with Crippen LogP contribution in [-0.4, -0.2) is 18.8 Å². The van der Waals surface area contributed by atoms with Gasteiger partial charge in [-0.2, -0.15) is 0 Å². The lowest BCUT2D eigenvalue weighted by molar-refractivity contribution is 0.590. The van der Waals surface area contributed by atoms with E-state index in [-0.39, 0.29) is 5.41 Å². The summed E-state index contributed by atoms with van der Waals surface area (Å²) < 4.78 is 0. The van der Waals surface area contributed by atoms with E-state index in [0.29, 0.717) is 0 Å². The van der Waals surface area contributed by atoms with Gasteiger partial charge in [-0.1, -0.05) is 46.2 Å². The molecule has 2 heteroatoms. The highest BCUT2D eigenvalue weighted by Gasteiger charge is 2.12. The second-order valence-electron chi connectivity index (χ2n) is 5.73. The van der Waals surface area contributed by atoms with Crippen LogP contribution in [0.3, 0.4) is 0 Å². The molecular formula is C16H27NS. The molecule has 0 saturated carbocycles. The van der Waals surface area contributed by atoms with E-state index in [1.165, 1.54) is 23.3 Å². The third-order valence-corrected chi connectivity index (χ3v) is 3.99. The number of hydrogen-bond acceptors (Lipinski definition) is 2. The molecule has 0 fully saturated rings. The van der Waals surface area contributed by atoms with Crippen molar-refractivity contribution in [3.63, 3.8) is 0 Å². The van der Waals surface area contributed by atoms with Crippen molar-refractivity contribution in [1.29, 1.82) is 0 Å². The second-order valence-corrected chi connectivity index (χ2v) is 6.89. The molecule has 102 valence electrons. The summed E-state index contributed by atoms with van der Waals surface area (Å²) in [5.74, 6) is 1.15. The van der Waals surface area contributed by atoms with Gasteiger partial charge in [-0.3, -0.25) is 0 Å². The highest BCUT2D eigenvalue weighted by atomic mass is 32.2. The van der Waals surface area contributed by atoms with Gasteiger partial charge in [-0.25, -0.2) is 0 Å². The van der Waals surface area contributed by atoms with Crippen molar-refractivity contribution < 1.29 is 0 Å². The molecule has 0 saturated heterocycles. The maximum Gasteiger partial charge on any atom is 0.0106 e. The fourth-order valence-corrected chi connectivity index (χ4v) is 2.53. The van der Waals surface area contributed by atoms with Crippen LogP contribution in [0.2, 0.25) is 0 Å². The Kier molecular flexibility index (Phi) is 6.80. The van der Waals surface area contributed by atoms with Gasteiger partial charge in [0.2, 0.25) is 0 Å². The molecule has 1 N–H and O–H groups in total. The number of rotatable bonds is 7. The van der Waals surface area contributed by atoms with E-state index in [9.17, 15) is 0 Å². The number of hydrogen-bond donors (Lipinski definition) is 1. The first-order valence-corrected chi connectivity index (χ1v) is 7.96. The first-order chi connectivity index (χ1) is 8.54. The molecule has 1 nitrogen and oxygen atoms in total. The van der Waals surface area contributed by atoms with E-state index in [4.69, 9.17) is 0 Å². The summed E-state index contributed by atoms with van der Waals surface area (Å²) in [6.07, 6.45) is 2.55. The normalized spacial score (nSPS) is 11.8. The summed E-state index contributed by atoms with van der Waals surface area (Å²) in [5.41, 5.74) is 1.66. The molecule has 0 aliphatic rings. The minimum absolute atomic E-state index is 0.255. The molecule has 1 aromatic rings. The summed E-state index contributed by atoms with van der Waals surface area (Å²) in [7, 11) is 0. The molecular weight excluding hydrogens is 238 g/mol. The van der Waals surface area contributed by atoms with E-state index >= 15 is 0 Å². The summed E-state index contributed by atoms with van der Waals surface area (Å²) in [5, 5.41) is 3.47. The zero-order valence-corrected chi connectivity index (χ0v) is 13.1. The summed E-state index contributed by atoms with van der Waals surface area (Å²) in [4.78, 5) is 1.38. The molecule has 18 heavy (non-hydrogen) atoms. The van der Waals surface area contributed by atoms with Crippen LogP contribution >= 0.6 is 11.8 Å². The van der Waals surface area contributed by atoms with Crippen LogP contribution in [0.4, 0.5) is 0 Å².